The van der Waals surface area contributed by atoms with E-state index in [0.29, 0.717) is 35.9 Å². The lowest BCUT2D eigenvalue weighted by molar-refractivity contribution is 0.326. The van der Waals surface area contributed by atoms with Gasteiger partial charge in [0, 0.05) is 22.8 Å². The van der Waals surface area contributed by atoms with Gasteiger partial charge in [-0.1, -0.05) is 29.8 Å². The number of anilines is 1. The minimum Gasteiger partial charge on any atom is -0.490 e. The lowest BCUT2D eigenvalue weighted by atomic mass is 10.1. The summed E-state index contributed by atoms with van der Waals surface area (Å²) in [7, 11) is -4.07. The average Bonchev–Trinajstić information content (AvgIpc) is 2.75. The molecule has 0 fully saturated rings. The number of nitrogens with one attached hydrogen (secondary N) is 1. The van der Waals surface area contributed by atoms with Crippen molar-refractivity contribution < 1.29 is 17.3 Å². The Labute approximate surface area is 194 Å². The van der Waals surface area contributed by atoms with E-state index < -0.39 is 10.1 Å². The van der Waals surface area contributed by atoms with Gasteiger partial charge in [0.05, 0.1) is 6.61 Å². The van der Waals surface area contributed by atoms with Crippen molar-refractivity contribution in [3.05, 3.63) is 95.0 Å². The Morgan fingerprint density at radius 3 is 2.50 bits per heavy atom. The van der Waals surface area contributed by atoms with Gasteiger partial charge < -0.3 is 14.2 Å². The van der Waals surface area contributed by atoms with Gasteiger partial charge >= 0.3 is 10.1 Å². The molecule has 0 heterocycles. The number of ether oxygens (including phenoxy) is 1. The Hall–Kier alpha value is -2.96. The van der Waals surface area contributed by atoms with Gasteiger partial charge in [0.2, 0.25) is 0 Å². The predicted molar refractivity (Wildman–Crippen MR) is 129 cm³/mol. The van der Waals surface area contributed by atoms with Crippen molar-refractivity contribution >= 4 is 27.4 Å². The molecule has 0 aliphatic heterocycles. The summed E-state index contributed by atoms with van der Waals surface area (Å²) in [5, 5.41) is 3.83. The van der Waals surface area contributed by atoms with Gasteiger partial charge in [0.1, 0.15) is 4.90 Å². The number of aryl methyl sites for hydroxylation is 1. The molecule has 7 heteroatoms. The number of hydrogen-bond acceptors (Lipinski definition) is 5. The van der Waals surface area contributed by atoms with Crippen molar-refractivity contribution in [2.75, 3.05) is 11.9 Å². The summed E-state index contributed by atoms with van der Waals surface area (Å²) >= 11 is 5.88. The highest BCUT2D eigenvalue weighted by molar-refractivity contribution is 7.87. The smallest absolute Gasteiger partial charge is 0.339 e. The van der Waals surface area contributed by atoms with E-state index in [1.807, 2.05) is 38.1 Å². The number of benzene rings is 3. The van der Waals surface area contributed by atoms with Crippen LogP contribution in [0.1, 0.15) is 23.6 Å². The van der Waals surface area contributed by atoms with Crippen LogP contribution in [0.25, 0.3) is 0 Å². The minimum atomic E-state index is -4.07. The first-order valence-corrected chi connectivity index (χ1v) is 12.0. The van der Waals surface area contributed by atoms with Crippen molar-refractivity contribution in [3.63, 3.8) is 0 Å². The monoisotopic (exact) mass is 471 g/mol. The van der Waals surface area contributed by atoms with Crippen molar-refractivity contribution in [1.82, 2.24) is 0 Å². The Morgan fingerprint density at radius 2 is 1.84 bits per heavy atom. The maximum absolute atomic E-state index is 12.9. The highest BCUT2D eigenvalue weighted by Crippen LogP contribution is 2.36. The Morgan fingerprint density at radius 1 is 1.09 bits per heavy atom. The van der Waals surface area contributed by atoms with Crippen molar-refractivity contribution in [1.29, 1.82) is 0 Å². The lowest BCUT2D eigenvalue weighted by Gasteiger charge is -2.18. The molecule has 3 aromatic carbocycles. The van der Waals surface area contributed by atoms with Crippen LogP contribution in [0.5, 0.6) is 11.5 Å². The van der Waals surface area contributed by atoms with Crippen LogP contribution in [-0.4, -0.2) is 15.0 Å². The zero-order valence-corrected chi connectivity index (χ0v) is 19.7. The van der Waals surface area contributed by atoms with Crippen LogP contribution < -0.4 is 14.2 Å². The van der Waals surface area contributed by atoms with E-state index in [4.69, 9.17) is 20.5 Å². The second kappa shape index (κ2) is 10.6. The zero-order chi connectivity index (χ0) is 23.1. The molecule has 168 valence electrons. The molecule has 0 aromatic heterocycles. The van der Waals surface area contributed by atoms with E-state index >= 15 is 0 Å². The van der Waals surface area contributed by atoms with Crippen molar-refractivity contribution in [3.8, 4) is 11.5 Å². The quantitative estimate of drug-likeness (QED) is 0.283. The zero-order valence-electron chi connectivity index (χ0n) is 18.1. The molecule has 0 unspecified atom stereocenters. The molecule has 0 spiro atoms. The summed E-state index contributed by atoms with van der Waals surface area (Å²) in [5.74, 6) is 0.534. The van der Waals surface area contributed by atoms with Crippen LogP contribution in [0, 0.1) is 6.92 Å². The number of rotatable bonds is 10. The van der Waals surface area contributed by atoms with Crippen LogP contribution in [0.2, 0.25) is 5.02 Å². The van der Waals surface area contributed by atoms with E-state index in [0.717, 1.165) is 16.8 Å². The molecule has 0 saturated heterocycles. The first-order chi connectivity index (χ1) is 15.3. The van der Waals surface area contributed by atoms with Gasteiger partial charge in [-0.25, -0.2) is 0 Å². The normalized spacial score (nSPS) is 11.1. The molecule has 32 heavy (non-hydrogen) atoms. The second-order valence-electron chi connectivity index (χ2n) is 7.22. The van der Waals surface area contributed by atoms with E-state index in [-0.39, 0.29) is 10.6 Å². The fraction of sp³-hybridized carbons (Fsp3) is 0.200. The number of hydrogen-bond donors (Lipinski definition) is 1. The first kappa shape index (κ1) is 23.7. The third-order valence-corrected chi connectivity index (χ3v) is 6.15. The Balaban J connectivity index is 1.95. The third-order valence-electron chi connectivity index (χ3n) is 4.67. The van der Waals surface area contributed by atoms with Gasteiger partial charge in [0.25, 0.3) is 0 Å². The molecule has 5 nitrogen and oxygen atoms in total. The van der Waals surface area contributed by atoms with E-state index in [1.54, 1.807) is 12.1 Å². The van der Waals surface area contributed by atoms with Crippen LogP contribution in [0.15, 0.2) is 78.2 Å². The highest BCUT2D eigenvalue weighted by atomic mass is 35.5. The predicted octanol–water partition coefficient (Wildman–Crippen LogP) is 6.16. The van der Waals surface area contributed by atoms with Crippen LogP contribution in [0.4, 0.5) is 5.69 Å². The third kappa shape index (κ3) is 6.05. The van der Waals surface area contributed by atoms with Gasteiger partial charge in [0.15, 0.2) is 11.5 Å². The molecule has 3 rings (SSSR count). The second-order valence-corrected chi connectivity index (χ2v) is 9.21. The number of halogens is 1. The molecule has 3 aromatic rings. The first-order valence-electron chi connectivity index (χ1n) is 10.2. The number of allylic oxidation sites excluding steroid dienone is 1. The van der Waals surface area contributed by atoms with Crippen LogP contribution in [-0.2, 0) is 23.1 Å². The van der Waals surface area contributed by atoms with Crippen molar-refractivity contribution in [2.45, 2.75) is 31.7 Å². The summed E-state index contributed by atoms with van der Waals surface area (Å²) in [6, 6.07) is 17.6. The maximum atomic E-state index is 12.9. The largest absolute Gasteiger partial charge is 0.490 e. The molecule has 0 bridgehead atoms. The van der Waals surface area contributed by atoms with Gasteiger partial charge in [-0.15, -0.1) is 6.58 Å². The molecular weight excluding hydrogens is 446 g/mol. The Bertz CT molecular complexity index is 1190. The standard InChI is InChI=1S/C25H26ClNO4S/c1-4-7-20-15-19(17-27-22-9-6-8-18(3)14-22)16-24(30-5-2)25(20)31-32(28,29)23-12-10-21(26)11-13-23/h4,6,8-16,27H,1,5,7,17H2,2-3H3. The molecular formula is C25H26ClNO4S. The summed E-state index contributed by atoms with van der Waals surface area (Å²) in [6.45, 7) is 8.57. The van der Waals surface area contributed by atoms with Crippen molar-refractivity contribution in [2.24, 2.45) is 0 Å². The minimum absolute atomic E-state index is 0.0130. The van der Waals surface area contributed by atoms with Crippen LogP contribution >= 0.6 is 11.6 Å². The molecule has 0 saturated carbocycles. The van der Waals surface area contributed by atoms with Gasteiger partial charge in [-0.05, 0) is 79.9 Å². The topological polar surface area (TPSA) is 64.6 Å². The molecule has 0 amide bonds. The molecule has 0 aliphatic rings. The SMILES string of the molecule is C=CCc1cc(CNc2cccc(C)c2)cc(OCC)c1OS(=O)(=O)c1ccc(Cl)cc1. The fourth-order valence-corrected chi connectivity index (χ4v) is 4.31. The maximum Gasteiger partial charge on any atom is 0.339 e. The highest BCUT2D eigenvalue weighted by Gasteiger charge is 2.22. The van der Waals surface area contributed by atoms with Gasteiger partial charge in [-0.3, -0.25) is 0 Å². The van der Waals surface area contributed by atoms with E-state index in [1.165, 1.54) is 24.3 Å². The molecule has 1 N–H and O–H groups in total. The molecule has 0 atom stereocenters. The summed E-state index contributed by atoms with van der Waals surface area (Å²) in [6.07, 6.45) is 2.12. The molecule has 0 radical (unpaired) electrons. The summed E-state index contributed by atoms with van der Waals surface area (Å²) in [5.41, 5.74) is 3.76. The summed E-state index contributed by atoms with van der Waals surface area (Å²) in [4.78, 5) is 0.0130. The van der Waals surface area contributed by atoms with Crippen LogP contribution in [0.3, 0.4) is 0 Å². The summed E-state index contributed by atoms with van der Waals surface area (Å²) < 4.78 is 37.1. The fourth-order valence-electron chi connectivity index (χ4n) is 3.21. The Kier molecular flexibility index (Phi) is 7.83. The van der Waals surface area contributed by atoms with E-state index in [2.05, 4.69) is 18.0 Å². The average molecular weight is 472 g/mol. The lowest BCUT2D eigenvalue weighted by Crippen LogP contribution is -2.13. The van der Waals surface area contributed by atoms with E-state index in [9.17, 15) is 8.42 Å². The molecule has 0 aliphatic carbocycles. The van der Waals surface area contributed by atoms with Gasteiger partial charge in [-0.2, -0.15) is 8.42 Å².